The molecule has 0 bridgehead atoms. The first-order valence-electron chi connectivity index (χ1n) is 6.88. The molecule has 0 saturated carbocycles. The summed E-state index contributed by atoms with van der Waals surface area (Å²) in [5, 5.41) is 0. The molecule has 0 aliphatic heterocycles. The number of aryl methyl sites for hydroxylation is 1. The van der Waals surface area contributed by atoms with Crippen molar-refractivity contribution in [1.82, 2.24) is 4.98 Å². The maximum absolute atomic E-state index is 4.59. The minimum atomic E-state index is 0.584. The number of pyridine rings is 1. The van der Waals surface area contributed by atoms with Gasteiger partial charge in [-0.05, 0) is 53.2 Å². The lowest BCUT2D eigenvalue weighted by Crippen LogP contribution is -2.38. The molecule has 0 N–H and O–H groups in total. The third-order valence-corrected chi connectivity index (χ3v) is 4.10. The summed E-state index contributed by atoms with van der Waals surface area (Å²) >= 11 is 3.52. The number of hydrogen-bond acceptors (Lipinski definition) is 2. The molecule has 0 unspecified atom stereocenters. The Morgan fingerprint density at radius 3 is 2.33 bits per heavy atom. The number of aromatic nitrogens is 1. The first kappa shape index (κ1) is 15.5. The Balaban J connectivity index is 3.04. The van der Waals surface area contributed by atoms with Crippen LogP contribution in [-0.2, 0) is 0 Å². The summed E-state index contributed by atoms with van der Waals surface area (Å²) in [5.74, 6) is 1.76. The standard InChI is InChI=1S/C15H25BrN2/c1-6-13(7-2)18(10-11(3)4)15-8-12(5)14(16)9-17-15/h8-9,11,13H,6-7,10H2,1-5H3. The van der Waals surface area contributed by atoms with Gasteiger partial charge in [-0.2, -0.15) is 0 Å². The van der Waals surface area contributed by atoms with Crippen LogP contribution in [0.15, 0.2) is 16.7 Å². The van der Waals surface area contributed by atoms with Crippen molar-refractivity contribution < 1.29 is 0 Å². The molecule has 0 saturated heterocycles. The van der Waals surface area contributed by atoms with E-state index in [0.29, 0.717) is 12.0 Å². The van der Waals surface area contributed by atoms with Gasteiger partial charge in [0.2, 0.25) is 0 Å². The Morgan fingerprint density at radius 2 is 1.89 bits per heavy atom. The Hall–Kier alpha value is -0.570. The van der Waals surface area contributed by atoms with Gasteiger partial charge in [0.25, 0.3) is 0 Å². The molecule has 2 nitrogen and oxygen atoms in total. The second-order valence-electron chi connectivity index (χ2n) is 5.31. The van der Waals surface area contributed by atoms with Crippen LogP contribution in [-0.4, -0.2) is 17.6 Å². The Bertz CT molecular complexity index is 373. The van der Waals surface area contributed by atoms with Crippen LogP contribution in [0.3, 0.4) is 0 Å². The maximum Gasteiger partial charge on any atom is 0.129 e. The molecule has 0 amide bonds. The lowest BCUT2D eigenvalue weighted by Gasteiger charge is -2.33. The molecule has 0 spiro atoms. The maximum atomic E-state index is 4.59. The second-order valence-corrected chi connectivity index (χ2v) is 6.16. The number of anilines is 1. The summed E-state index contributed by atoms with van der Waals surface area (Å²) in [7, 11) is 0. The number of rotatable bonds is 6. The molecule has 0 fully saturated rings. The Labute approximate surface area is 120 Å². The van der Waals surface area contributed by atoms with Crippen LogP contribution in [0, 0.1) is 12.8 Å². The SMILES string of the molecule is CCC(CC)N(CC(C)C)c1cc(C)c(Br)cn1. The molecule has 102 valence electrons. The van der Waals surface area contributed by atoms with E-state index in [1.54, 1.807) is 0 Å². The predicted molar refractivity (Wildman–Crippen MR) is 83.2 cm³/mol. The third kappa shape index (κ3) is 3.98. The van der Waals surface area contributed by atoms with Gasteiger partial charge < -0.3 is 4.90 Å². The number of nitrogens with zero attached hydrogens (tertiary/aromatic N) is 2. The van der Waals surface area contributed by atoms with Crippen LogP contribution in [0.2, 0.25) is 0 Å². The highest BCUT2D eigenvalue weighted by molar-refractivity contribution is 9.10. The van der Waals surface area contributed by atoms with E-state index in [2.05, 4.69) is 66.5 Å². The summed E-state index contributed by atoms with van der Waals surface area (Å²) in [6.07, 6.45) is 4.25. The van der Waals surface area contributed by atoms with E-state index in [1.165, 1.54) is 18.4 Å². The van der Waals surface area contributed by atoms with Crippen LogP contribution in [0.25, 0.3) is 0 Å². The highest BCUT2D eigenvalue weighted by Crippen LogP contribution is 2.24. The van der Waals surface area contributed by atoms with Crippen LogP contribution in [0.1, 0.15) is 46.1 Å². The fourth-order valence-electron chi connectivity index (χ4n) is 2.23. The predicted octanol–water partition coefficient (Wildman–Crippen LogP) is 4.80. The molecule has 0 aliphatic rings. The van der Waals surface area contributed by atoms with Crippen LogP contribution in [0.5, 0.6) is 0 Å². The smallest absolute Gasteiger partial charge is 0.129 e. The van der Waals surface area contributed by atoms with E-state index in [1.807, 2.05) is 6.20 Å². The summed E-state index contributed by atoms with van der Waals surface area (Å²) in [5.41, 5.74) is 1.25. The molecule has 1 aromatic heterocycles. The van der Waals surface area contributed by atoms with Crippen molar-refractivity contribution in [2.24, 2.45) is 5.92 Å². The molecule has 1 heterocycles. The van der Waals surface area contributed by atoms with E-state index < -0.39 is 0 Å². The van der Waals surface area contributed by atoms with Gasteiger partial charge in [0, 0.05) is 23.3 Å². The van der Waals surface area contributed by atoms with Gasteiger partial charge in [-0.1, -0.05) is 27.7 Å². The largest absolute Gasteiger partial charge is 0.353 e. The third-order valence-electron chi connectivity index (χ3n) is 3.27. The fraction of sp³-hybridized carbons (Fsp3) is 0.667. The average Bonchev–Trinajstić information content (AvgIpc) is 2.32. The molecule has 0 aliphatic carbocycles. The van der Waals surface area contributed by atoms with Gasteiger partial charge >= 0.3 is 0 Å². The topological polar surface area (TPSA) is 16.1 Å². The lowest BCUT2D eigenvalue weighted by atomic mass is 10.1. The highest BCUT2D eigenvalue weighted by Gasteiger charge is 2.18. The Morgan fingerprint density at radius 1 is 1.28 bits per heavy atom. The lowest BCUT2D eigenvalue weighted by molar-refractivity contribution is 0.503. The van der Waals surface area contributed by atoms with Crippen molar-refractivity contribution in [2.45, 2.75) is 53.5 Å². The first-order valence-corrected chi connectivity index (χ1v) is 7.67. The molecular formula is C15H25BrN2. The molecule has 1 aromatic rings. The minimum Gasteiger partial charge on any atom is -0.353 e. The van der Waals surface area contributed by atoms with Crippen molar-refractivity contribution >= 4 is 21.7 Å². The highest BCUT2D eigenvalue weighted by atomic mass is 79.9. The molecule has 1 rings (SSSR count). The van der Waals surface area contributed by atoms with Crippen LogP contribution >= 0.6 is 15.9 Å². The van der Waals surface area contributed by atoms with E-state index in [9.17, 15) is 0 Å². The van der Waals surface area contributed by atoms with Gasteiger partial charge in [-0.15, -0.1) is 0 Å². The van der Waals surface area contributed by atoms with Gasteiger partial charge in [-0.3, -0.25) is 0 Å². The van der Waals surface area contributed by atoms with Gasteiger partial charge in [0.1, 0.15) is 5.82 Å². The van der Waals surface area contributed by atoms with E-state index in [4.69, 9.17) is 0 Å². The normalized spacial score (nSPS) is 11.3. The zero-order valence-corrected chi connectivity index (χ0v) is 13.8. The molecule has 18 heavy (non-hydrogen) atoms. The van der Waals surface area contributed by atoms with Gasteiger partial charge in [0.15, 0.2) is 0 Å². The number of halogens is 1. The quantitative estimate of drug-likeness (QED) is 0.749. The molecule has 0 radical (unpaired) electrons. The van der Waals surface area contributed by atoms with Crippen molar-refractivity contribution in [3.8, 4) is 0 Å². The molecule has 0 atom stereocenters. The summed E-state index contributed by atoms with van der Waals surface area (Å²) in [6.45, 7) is 12.2. The van der Waals surface area contributed by atoms with Crippen molar-refractivity contribution in [3.05, 3.63) is 22.3 Å². The van der Waals surface area contributed by atoms with Crippen LogP contribution < -0.4 is 4.90 Å². The van der Waals surface area contributed by atoms with Crippen molar-refractivity contribution in [1.29, 1.82) is 0 Å². The van der Waals surface area contributed by atoms with E-state index in [0.717, 1.165) is 16.8 Å². The summed E-state index contributed by atoms with van der Waals surface area (Å²) < 4.78 is 1.08. The van der Waals surface area contributed by atoms with Crippen molar-refractivity contribution in [3.63, 3.8) is 0 Å². The zero-order valence-electron chi connectivity index (χ0n) is 12.2. The summed E-state index contributed by atoms with van der Waals surface area (Å²) in [4.78, 5) is 7.05. The first-order chi connectivity index (χ1) is 8.49. The average molecular weight is 313 g/mol. The molecule has 0 aromatic carbocycles. The van der Waals surface area contributed by atoms with Gasteiger partial charge in [0.05, 0.1) is 0 Å². The number of hydrogen-bond donors (Lipinski definition) is 0. The van der Waals surface area contributed by atoms with E-state index >= 15 is 0 Å². The molecular weight excluding hydrogens is 288 g/mol. The van der Waals surface area contributed by atoms with Crippen LogP contribution in [0.4, 0.5) is 5.82 Å². The van der Waals surface area contributed by atoms with E-state index in [-0.39, 0.29) is 0 Å². The monoisotopic (exact) mass is 312 g/mol. The zero-order chi connectivity index (χ0) is 13.7. The molecule has 3 heteroatoms. The summed E-state index contributed by atoms with van der Waals surface area (Å²) in [6, 6.07) is 2.77. The fourth-order valence-corrected chi connectivity index (χ4v) is 2.45. The minimum absolute atomic E-state index is 0.584. The van der Waals surface area contributed by atoms with Crippen molar-refractivity contribution in [2.75, 3.05) is 11.4 Å². The Kier molecular flexibility index (Phi) is 6.13. The second kappa shape index (κ2) is 7.13. The van der Waals surface area contributed by atoms with Gasteiger partial charge in [-0.25, -0.2) is 4.98 Å².